The minimum absolute atomic E-state index is 0. The molecule has 0 amide bonds. The first-order chi connectivity index (χ1) is 10.5. The van der Waals surface area contributed by atoms with Crippen molar-refractivity contribution in [3.05, 3.63) is 44.7 Å². The molecule has 0 aliphatic rings. The molecule has 0 radical (unpaired) electrons. The van der Waals surface area contributed by atoms with Crippen LogP contribution in [0.4, 0.5) is 5.69 Å². The highest BCUT2D eigenvalue weighted by Gasteiger charge is 2.16. The van der Waals surface area contributed by atoms with Gasteiger partial charge in [0.25, 0.3) is 0 Å². The van der Waals surface area contributed by atoms with E-state index < -0.39 is 0 Å². The van der Waals surface area contributed by atoms with Gasteiger partial charge in [0.2, 0.25) is 0 Å². The van der Waals surface area contributed by atoms with Gasteiger partial charge in [0.1, 0.15) is 10.9 Å². The molecule has 0 aliphatic heterocycles. The second kappa shape index (κ2) is 9.27. The maximum absolute atomic E-state index is 6.16. The van der Waals surface area contributed by atoms with Gasteiger partial charge in [0.15, 0.2) is 0 Å². The summed E-state index contributed by atoms with van der Waals surface area (Å²) in [5, 5.41) is 3.82. The molecule has 0 aliphatic carbocycles. The Hall–Kier alpha value is -0.500. The van der Waals surface area contributed by atoms with E-state index in [0.717, 1.165) is 32.6 Å². The van der Waals surface area contributed by atoms with Crippen molar-refractivity contribution >= 4 is 79.6 Å². The highest BCUT2D eigenvalue weighted by Crippen LogP contribution is 2.40. The number of nitrogens with one attached hydrogen (secondary N) is 1. The molecule has 4 nitrogen and oxygen atoms in total. The number of rotatable bonds is 5. The van der Waals surface area contributed by atoms with Crippen molar-refractivity contribution in [2.45, 2.75) is 25.9 Å². The van der Waals surface area contributed by atoms with Crippen molar-refractivity contribution in [2.75, 3.05) is 5.32 Å². The molecule has 3 aromatic heterocycles. The lowest BCUT2D eigenvalue weighted by Crippen LogP contribution is -2.17. The zero-order valence-electron chi connectivity index (χ0n) is 12.7. The third kappa shape index (κ3) is 4.77. The zero-order chi connectivity index (χ0) is 15.7. The summed E-state index contributed by atoms with van der Waals surface area (Å²) in [5.41, 5.74) is 7.74. The predicted molar refractivity (Wildman–Crippen MR) is 110 cm³/mol. The van der Waals surface area contributed by atoms with Gasteiger partial charge >= 0.3 is 0 Å². The van der Waals surface area contributed by atoms with Gasteiger partial charge in [-0.3, -0.25) is 0 Å². The van der Waals surface area contributed by atoms with Crippen molar-refractivity contribution in [2.24, 2.45) is 5.73 Å². The molecular weight excluding hydrogens is 457 g/mol. The SMILES string of the molecule is C[C@H](N)Cc1sc2c(NCc3ccco3)cc(Cl)nc2c1Br.Cl.Cl. The van der Waals surface area contributed by atoms with Crippen LogP contribution in [0.25, 0.3) is 10.2 Å². The maximum atomic E-state index is 6.16. The Balaban J connectivity index is 0.00000144. The van der Waals surface area contributed by atoms with Crippen LogP contribution in [0.15, 0.2) is 33.4 Å². The molecule has 0 spiro atoms. The number of anilines is 1. The van der Waals surface area contributed by atoms with Crippen LogP contribution >= 0.6 is 63.7 Å². The molecule has 0 unspecified atom stereocenters. The van der Waals surface area contributed by atoms with E-state index in [4.69, 9.17) is 21.8 Å². The topological polar surface area (TPSA) is 64.1 Å². The van der Waals surface area contributed by atoms with Gasteiger partial charge in [-0.15, -0.1) is 36.2 Å². The highest BCUT2D eigenvalue weighted by molar-refractivity contribution is 9.10. The largest absolute Gasteiger partial charge is 0.467 e. The zero-order valence-corrected chi connectivity index (χ0v) is 17.5. The lowest BCUT2D eigenvalue weighted by Gasteiger charge is -2.06. The Morgan fingerprint density at radius 2 is 2.21 bits per heavy atom. The Morgan fingerprint density at radius 1 is 1.46 bits per heavy atom. The average Bonchev–Trinajstić information content (AvgIpc) is 3.07. The van der Waals surface area contributed by atoms with E-state index in [2.05, 4.69) is 26.2 Å². The Morgan fingerprint density at radius 3 is 2.83 bits per heavy atom. The van der Waals surface area contributed by atoms with E-state index in [1.165, 1.54) is 4.88 Å². The molecule has 24 heavy (non-hydrogen) atoms. The lowest BCUT2D eigenvalue weighted by atomic mass is 10.2. The monoisotopic (exact) mass is 471 g/mol. The van der Waals surface area contributed by atoms with E-state index in [-0.39, 0.29) is 30.9 Å². The third-order valence-corrected chi connectivity index (χ3v) is 5.71. The summed E-state index contributed by atoms with van der Waals surface area (Å²) < 4.78 is 7.39. The van der Waals surface area contributed by atoms with Crippen LogP contribution in [0.1, 0.15) is 17.6 Å². The summed E-state index contributed by atoms with van der Waals surface area (Å²) >= 11 is 11.5. The number of furan rings is 1. The molecule has 0 saturated carbocycles. The third-order valence-electron chi connectivity index (χ3n) is 3.16. The predicted octanol–water partition coefficient (Wildman–Crippen LogP) is 5.65. The van der Waals surface area contributed by atoms with Crippen molar-refractivity contribution in [3.63, 3.8) is 0 Å². The first-order valence-electron chi connectivity index (χ1n) is 6.84. The summed E-state index contributed by atoms with van der Waals surface area (Å²) in [4.78, 5) is 5.61. The molecule has 3 N–H and O–H groups in total. The second-order valence-corrected chi connectivity index (χ2v) is 7.41. The molecule has 0 aromatic carbocycles. The molecule has 3 aromatic rings. The average molecular weight is 474 g/mol. The molecule has 1 atom stereocenters. The van der Waals surface area contributed by atoms with Gasteiger partial charge in [-0.2, -0.15) is 0 Å². The number of nitrogens with zero attached hydrogens (tertiary/aromatic N) is 1. The molecule has 0 saturated heterocycles. The fraction of sp³-hybridized carbons (Fsp3) is 0.267. The smallest absolute Gasteiger partial charge is 0.131 e. The van der Waals surface area contributed by atoms with Crippen LogP contribution in [0.5, 0.6) is 0 Å². The molecular formula is C15H17BrCl3N3OS. The number of hydrogen-bond acceptors (Lipinski definition) is 5. The van der Waals surface area contributed by atoms with Crippen LogP contribution < -0.4 is 11.1 Å². The first kappa shape index (κ1) is 21.5. The number of hydrogen-bond donors (Lipinski definition) is 2. The van der Waals surface area contributed by atoms with Gasteiger partial charge in [-0.25, -0.2) is 4.98 Å². The van der Waals surface area contributed by atoms with Crippen molar-refractivity contribution < 1.29 is 4.42 Å². The molecule has 3 heterocycles. The Labute approximate surface area is 170 Å². The molecule has 0 bridgehead atoms. The van der Waals surface area contributed by atoms with E-state index in [0.29, 0.717) is 11.7 Å². The minimum atomic E-state index is 0. The second-order valence-electron chi connectivity index (χ2n) is 5.12. The van der Waals surface area contributed by atoms with E-state index >= 15 is 0 Å². The van der Waals surface area contributed by atoms with Gasteiger partial charge in [-0.05, 0) is 41.4 Å². The summed E-state index contributed by atoms with van der Waals surface area (Å²) in [6.45, 7) is 2.59. The molecule has 0 fully saturated rings. The highest BCUT2D eigenvalue weighted by atomic mass is 79.9. The number of pyridine rings is 1. The van der Waals surface area contributed by atoms with Crippen LogP contribution in [-0.2, 0) is 13.0 Å². The van der Waals surface area contributed by atoms with Gasteiger partial charge in [-0.1, -0.05) is 11.6 Å². The van der Waals surface area contributed by atoms with Crippen LogP contribution in [0.3, 0.4) is 0 Å². The van der Waals surface area contributed by atoms with Crippen LogP contribution in [0.2, 0.25) is 5.15 Å². The Kier molecular flexibility index (Phi) is 8.32. The first-order valence-corrected chi connectivity index (χ1v) is 8.82. The van der Waals surface area contributed by atoms with Gasteiger partial charge in [0.05, 0.1) is 33.2 Å². The lowest BCUT2D eigenvalue weighted by molar-refractivity contribution is 0.518. The number of thiophene rings is 1. The normalized spacial score (nSPS) is 11.7. The quantitative estimate of drug-likeness (QED) is 0.470. The fourth-order valence-corrected chi connectivity index (χ4v) is 4.49. The van der Waals surface area contributed by atoms with E-state index in [9.17, 15) is 0 Å². The van der Waals surface area contributed by atoms with E-state index in [1.54, 1.807) is 17.6 Å². The summed E-state index contributed by atoms with van der Waals surface area (Å²) in [7, 11) is 0. The summed E-state index contributed by atoms with van der Waals surface area (Å²) in [6, 6.07) is 5.73. The van der Waals surface area contributed by atoms with Gasteiger partial charge < -0.3 is 15.5 Å². The van der Waals surface area contributed by atoms with Crippen molar-refractivity contribution in [3.8, 4) is 0 Å². The van der Waals surface area contributed by atoms with Crippen LogP contribution in [-0.4, -0.2) is 11.0 Å². The molecule has 132 valence electrons. The standard InChI is InChI=1S/C15H15BrClN3OS.2ClH/c1-8(18)5-11-13(16)14-15(22-11)10(6-12(17)20-14)19-7-9-3-2-4-21-9;;/h2-4,6,8H,5,7,18H2,1H3,(H,19,20);2*1H/t8-;;/m0../s1. The van der Waals surface area contributed by atoms with Gasteiger partial charge in [0, 0.05) is 17.0 Å². The summed E-state index contributed by atoms with van der Waals surface area (Å²) in [5.74, 6) is 0.868. The Bertz CT molecular complexity index is 793. The fourth-order valence-electron chi connectivity index (χ4n) is 2.20. The molecule has 9 heteroatoms. The number of aromatic nitrogens is 1. The number of halogens is 4. The van der Waals surface area contributed by atoms with Crippen molar-refractivity contribution in [1.29, 1.82) is 0 Å². The molecule has 3 rings (SSSR count). The maximum Gasteiger partial charge on any atom is 0.131 e. The van der Waals surface area contributed by atoms with E-state index in [1.807, 2.05) is 25.1 Å². The van der Waals surface area contributed by atoms with Crippen molar-refractivity contribution in [1.82, 2.24) is 4.98 Å². The minimum Gasteiger partial charge on any atom is -0.467 e. The number of nitrogens with two attached hydrogens (primary N) is 1. The summed E-state index contributed by atoms with van der Waals surface area (Å²) in [6.07, 6.45) is 2.46. The van der Waals surface area contributed by atoms with Crippen LogP contribution in [0, 0.1) is 0 Å². The number of fused-ring (bicyclic) bond motifs is 1.